The molecule has 6 nitrogen and oxygen atoms in total. The van der Waals surface area contributed by atoms with E-state index >= 15 is 0 Å². The van der Waals surface area contributed by atoms with Gasteiger partial charge in [0.25, 0.3) is 5.91 Å². The number of halogens is 1. The minimum absolute atomic E-state index is 0.131. The lowest BCUT2D eigenvalue weighted by atomic mass is 9.76. The van der Waals surface area contributed by atoms with Gasteiger partial charge >= 0.3 is 5.97 Å². The van der Waals surface area contributed by atoms with Crippen LogP contribution >= 0.6 is 0 Å². The van der Waals surface area contributed by atoms with Crippen molar-refractivity contribution in [1.82, 2.24) is 9.88 Å². The molecule has 5 rings (SSSR count). The topological polar surface area (TPSA) is 79.7 Å². The Bertz CT molecular complexity index is 1720. The first kappa shape index (κ1) is 32.0. The van der Waals surface area contributed by atoms with E-state index in [-0.39, 0.29) is 18.4 Å². The summed E-state index contributed by atoms with van der Waals surface area (Å²) in [4.78, 5) is 34.3. The molecule has 1 N–H and O–H groups in total. The van der Waals surface area contributed by atoms with Gasteiger partial charge in [-0.15, -0.1) is 0 Å². The number of pyridine rings is 1. The van der Waals surface area contributed by atoms with Crippen molar-refractivity contribution in [3.05, 3.63) is 113 Å². The maximum atomic E-state index is 14.4. The standard InChI is InChI=1S/C38H41FN2O4/c1-23(2)32-31(33(36(43)44)45-37(3,4)5)30(25-17-19-26(39)20-18-25)29-21-41(22-38(6,7)34(29)40-32)35(42)28-16-12-11-15-27(28)24-13-9-8-10-14-24/h8-20,23,33H,21-22H2,1-7H3,(H,43,44). The number of carboxylic acids is 1. The van der Waals surface area contributed by atoms with Crippen molar-refractivity contribution in [2.75, 3.05) is 6.54 Å². The van der Waals surface area contributed by atoms with Crippen molar-refractivity contribution in [1.29, 1.82) is 0 Å². The van der Waals surface area contributed by atoms with Gasteiger partial charge in [-0.05, 0) is 67.1 Å². The van der Waals surface area contributed by atoms with Gasteiger partial charge < -0.3 is 14.7 Å². The first-order valence-electron chi connectivity index (χ1n) is 15.4. The van der Waals surface area contributed by atoms with Gasteiger partial charge in [0, 0.05) is 35.2 Å². The van der Waals surface area contributed by atoms with Gasteiger partial charge in [-0.3, -0.25) is 9.78 Å². The van der Waals surface area contributed by atoms with E-state index in [4.69, 9.17) is 9.72 Å². The van der Waals surface area contributed by atoms with Crippen molar-refractivity contribution >= 4 is 11.9 Å². The predicted octanol–water partition coefficient (Wildman–Crippen LogP) is 8.55. The third-order valence-electron chi connectivity index (χ3n) is 8.11. The molecule has 1 aromatic heterocycles. The fraction of sp³-hybridized carbons (Fsp3) is 0.342. The summed E-state index contributed by atoms with van der Waals surface area (Å²) in [5.74, 6) is -1.81. The zero-order valence-electron chi connectivity index (χ0n) is 27.0. The highest BCUT2D eigenvalue weighted by Gasteiger charge is 2.42. The molecule has 7 heteroatoms. The number of aromatic nitrogens is 1. The fourth-order valence-corrected chi connectivity index (χ4v) is 6.26. The normalized spacial score (nSPS) is 15.1. The molecule has 1 aliphatic rings. The predicted molar refractivity (Wildman–Crippen MR) is 175 cm³/mol. The Morgan fingerprint density at radius 1 is 0.933 bits per heavy atom. The molecule has 0 radical (unpaired) electrons. The molecule has 1 atom stereocenters. The first-order valence-corrected chi connectivity index (χ1v) is 15.4. The number of carboxylic acid groups (broad SMARTS) is 1. The largest absolute Gasteiger partial charge is 0.479 e. The molecule has 1 amide bonds. The van der Waals surface area contributed by atoms with Crippen molar-refractivity contribution in [2.24, 2.45) is 0 Å². The van der Waals surface area contributed by atoms with Crippen LogP contribution in [0.2, 0.25) is 0 Å². The Kier molecular flexibility index (Phi) is 8.69. The lowest BCUT2D eigenvalue weighted by Crippen LogP contribution is -2.46. The maximum Gasteiger partial charge on any atom is 0.337 e. The average molecular weight is 609 g/mol. The van der Waals surface area contributed by atoms with Crippen molar-refractivity contribution in [3.8, 4) is 22.3 Å². The zero-order valence-corrected chi connectivity index (χ0v) is 27.0. The summed E-state index contributed by atoms with van der Waals surface area (Å²) >= 11 is 0. The Hall–Kier alpha value is -4.36. The molecule has 234 valence electrons. The molecule has 0 bridgehead atoms. The Balaban J connectivity index is 1.76. The molecule has 0 aliphatic carbocycles. The number of aliphatic carboxylic acids is 1. The SMILES string of the molecule is CC(C)c1nc2c(c(-c3ccc(F)cc3)c1C(OC(C)(C)C)C(=O)O)CN(C(=O)c1ccccc1-c1ccccc1)CC2(C)C. The third kappa shape index (κ3) is 6.54. The van der Waals surface area contributed by atoms with E-state index < -0.39 is 28.9 Å². The van der Waals surface area contributed by atoms with Crippen LogP contribution in [0.25, 0.3) is 22.3 Å². The number of amides is 1. The van der Waals surface area contributed by atoms with Crippen molar-refractivity contribution in [3.63, 3.8) is 0 Å². The summed E-state index contributed by atoms with van der Waals surface area (Å²) in [6.45, 7) is 14.1. The van der Waals surface area contributed by atoms with Gasteiger partial charge in [-0.2, -0.15) is 0 Å². The molecule has 3 aromatic carbocycles. The quantitative estimate of drug-likeness (QED) is 0.227. The highest BCUT2D eigenvalue weighted by atomic mass is 19.1. The Morgan fingerprint density at radius 3 is 2.16 bits per heavy atom. The van der Waals surface area contributed by atoms with Gasteiger partial charge in [0.05, 0.1) is 17.0 Å². The summed E-state index contributed by atoms with van der Waals surface area (Å²) in [5.41, 5.74) is 4.87. The van der Waals surface area contributed by atoms with Crippen LogP contribution in [0.1, 0.15) is 93.4 Å². The second-order valence-electron chi connectivity index (χ2n) is 13.7. The molecule has 0 saturated heterocycles. The summed E-state index contributed by atoms with van der Waals surface area (Å²) in [7, 11) is 0. The van der Waals surface area contributed by atoms with Crippen LogP contribution in [0.5, 0.6) is 0 Å². The van der Waals surface area contributed by atoms with Crippen LogP contribution in [0.3, 0.4) is 0 Å². The summed E-state index contributed by atoms with van der Waals surface area (Å²) in [6.07, 6.45) is -1.34. The van der Waals surface area contributed by atoms with Gasteiger partial charge in [-0.1, -0.05) is 88.4 Å². The zero-order chi connectivity index (χ0) is 32.7. The smallest absolute Gasteiger partial charge is 0.337 e. The number of rotatable bonds is 7. The van der Waals surface area contributed by atoms with E-state index in [2.05, 4.69) is 13.8 Å². The van der Waals surface area contributed by atoms with E-state index in [1.807, 2.05) is 94.1 Å². The molecular formula is C38H41FN2O4. The van der Waals surface area contributed by atoms with Gasteiger partial charge in [-0.25, -0.2) is 9.18 Å². The van der Waals surface area contributed by atoms with Gasteiger partial charge in [0.1, 0.15) is 5.82 Å². The van der Waals surface area contributed by atoms with Crippen molar-refractivity contribution in [2.45, 2.75) is 78.0 Å². The second-order valence-corrected chi connectivity index (χ2v) is 13.7. The minimum Gasteiger partial charge on any atom is -0.479 e. The van der Waals surface area contributed by atoms with Crippen LogP contribution in [-0.4, -0.2) is 39.0 Å². The number of nitrogens with zero attached hydrogens (tertiary/aromatic N) is 2. The Labute approximate surface area is 264 Å². The number of benzene rings is 3. The number of fused-ring (bicyclic) bond motifs is 1. The van der Waals surface area contributed by atoms with Gasteiger partial charge in [0.2, 0.25) is 0 Å². The van der Waals surface area contributed by atoms with Crippen LogP contribution in [0.15, 0.2) is 78.9 Å². The fourth-order valence-electron chi connectivity index (χ4n) is 6.26. The highest BCUT2D eigenvalue weighted by molar-refractivity contribution is 6.01. The molecule has 0 fully saturated rings. The van der Waals surface area contributed by atoms with Crippen LogP contribution in [-0.2, 0) is 21.5 Å². The third-order valence-corrected chi connectivity index (χ3v) is 8.11. The van der Waals surface area contributed by atoms with E-state index in [1.54, 1.807) is 12.1 Å². The number of carbonyl (C=O) groups excluding carboxylic acids is 1. The molecular weight excluding hydrogens is 567 g/mol. The number of hydrogen-bond donors (Lipinski definition) is 1. The summed E-state index contributed by atoms with van der Waals surface area (Å²) in [5, 5.41) is 10.6. The molecule has 45 heavy (non-hydrogen) atoms. The lowest BCUT2D eigenvalue weighted by Gasteiger charge is -2.42. The number of ether oxygens (including phenoxy) is 1. The summed E-state index contributed by atoms with van der Waals surface area (Å²) in [6, 6.07) is 23.4. The summed E-state index contributed by atoms with van der Waals surface area (Å²) < 4.78 is 20.5. The van der Waals surface area contributed by atoms with Crippen LogP contribution < -0.4 is 0 Å². The van der Waals surface area contributed by atoms with Crippen molar-refractivity contribution < 1.29 is 23.8 Å². The van der Waals surface area contributed by atoms with Crippen LogP contribution in [0.4, 0.5) is 4.39 Å². The molecule has 1 unspecified atom stereocenters. The molecule has 0 spiro atoms. The van der Waals surface area contributed by atoms with E-state index in [0.717, 1.165) is 22.4 Å². The molecule has 2 heterocycles. The minimum atomic E-state index is -1.34. The maximum absolute atomic E-state index is 14.4. The van der Waals surface area contributed by atoms with Gasteiger partial charge in [0.15, 0.2) is 6.10 Å². The van der Waals surface area contributed by atoms with E-state index in [0.29, 0.717) is 34.5 Å². The average Bonchev–Trinajstić information content (AvgIpc) is 2.98. The molecule has 0 saturated carbocycles. The number of hydrogen-bond acceptors (Lipinski definition) is 4. The monoisotopic (exact) mass is 608 g/mol. The molecule has 1 aliphatic heterocycles. The second kappa shape index (κ2) is 12.2. The lowest BCUT2D eigenvalue weighted by molar-refractivity contribution is -0.160. The number of carbonyl (C=O) groups is 2. The van der Waals surface area contributed by atoms with E-state index in [9.17, 15) is 19.1 Å². The molecule has 4 aromatic rings. The first-order chi connectivity index (χ1) is 21.2. The Morgan fingerprint density at radius 2 is 1.56 bits per heavy atom. The highest BCUT2D eigenvalue weighted by Crippen LogP contribution is 2.45. The van der Waals surface area contributed by atoms with E-state index in [1.165, 1.54) is 12.1 Å². The van der Waals surface area contributed by atoms with Crippen LogP contribution in [0, 0.1) is 5.82 Å².